The molecule has 1 heterocycles. The predicted molar refractivity (Wildman–Crippen MR) is 216 cm³/mol. The van der Waals surface area contributed by atoms with Crippen LogP contribution in [0, 0.1) is 5.92 Å². The Morgan fingerprint density at radius 1 is 0.490 bits per heavy atom. The van der Waals surface area contributed by atoms with Crippen molar-refractivity contribution < 1.29 is 0 Å². The highest BCUT2D eigenvalue weighted by atomic mass is 14.8. The number of nitrogens with one attached hydrogen (secondary N) is 1. The van der Waals surface area contributed by atoms with Crippen molar-refractivity contribution in [3.05, 3.63) is 208 Å². The molecule has 0 radical (unpaired) electrons. The first-order valence-electron chi connectivity index (χ1n) is 18.1. The SMILES string of the molecule is C1=CCC2C(=C1)C(c1ccc3ccccc3c1)=c1ccccc1=C2c1cc(-c2ccc3c(c2)CNCC=C3)cc(-c2ccc3ccccc3c2)c1. The number of hydrogen-bond acceptors (Lipinski definition) is 1. The third-order valence-electron chi connectivity index (χ3n) is 11.0. The predicted octanol–water partition coefficient (Wildman–Crippen LogP) is 10.4. The molecule has 7 aromatic carbocycles. The Balaban J connectivity index is 1.25. The van der Waals surface area contributed by atoms with Gasteiger partial charge < -0.3 is 5.32 Å². The lowest BCUT2D eigenvalue weighted by Gasteiger charge is -2.31. The first kappa shape index (κ1) is 29.9. The molecule has 0 amide bonds. The number of benzene rings is 7. The monoisotopic (exact) mass is 651 g/mol. The van der Waals surface area contributed by atoms with E-state index in [0.29, 0.717) is 0 Å². The summed E-state index contributed by atoms with van der Waals surface area (Å²) in [6.07, 6.45) is 12.4. The largest absolute Gasteiger partial charge is 0.309 e. The molecule has 0 bridgehead atoms. The molecule has 51 heavy (non-hydrogen) atoms. The molecule has 1 aliphatic heterocycles. The van der Waals surface area contributed by atoms with E-state index >= 15 is 0 Å². The van der Waals surface area contributed by atoms with Gasteiger partial charge in [0.2, 0.25) is 0 Å². The molecule has 0 fully saturated rings. The molecule has 1 atom stereocenters. The molecule has 0 spiro atoms. The lowest BCUT2D eigenvalue weighted by atomic mass is 9.72. The van der Waals surface area contributed by atoms with E-state index in [0.717, 1.165) is 19.5 Å². The zero-order chi connectivity index (χ0) is 33.7. The molecule has 1 heteroatoms. The van der Waals surface area contributed by atoms with Gasteiger partial charge in [0.15, 0.2) is 0 Å². The van der Waals surface area contributed by atoms with E-state index in [4.69, 9.17) is 0 Å². The van der Waals surface area contributed by atoms with E-state index in [-0.39, 0.29) is 5.92 Å². The summed E-state index contributed by atoms with van der Waals surface area (Å²) in [7, 11) is 0. The Labute approximate surface area is 298 Å². The minimum Gasteiger partial charge on any atom is -0.309 e. The topological polar surface area (TPSA) is 12.0 Å². The summed E-state index contributed by atoms with van der Waals surface area (Å²) in [5.41, 5.74) is 14.4. The molecule has 10 rings (SSSR count). The number of hydrogen-bond donors (Lipinski definition) is 1. The van der Waals surface area contributed by atoms with Crippen molar-refractivity contribution in [2.75, 3.05) is 6.54 Å². The summed E-state index contributed by atoms with van der Waals surface area (Å²) in [5.74, 6) is 0.243. The van der Waals surface area contributed by atoms with Gasteiger partial charge in [-0.15, -0.1) is 0 Å². The van der Waals surface area contributed by atoms with Crippen LogP contribution in [-0.2, 0) is 6.54 Å². The van der Waals surface area contributed by atoms with Crippen molar-refractivity contribution in [1.82, 2.24) is 5.32 Å². The van der Waals surface area contributed by atoms with Crippen molar-refractivity contribution in [3.63, 3.8) is 0 Å². The lowest BCUT2D eigenvalue weighted by molar-refractivity contribution is 0.766. The summed E-state index contributed by atoms with van der Waals surface area (Å²) in [6.45, 7) is 1.77. The van der Waals surface area contributed by atoms with Crippen molar-refractivity contribution in [1.29, 1.82) is 0 Å². The van der Waals surface area contributed by atoms with Crippen LogP contribution in [0.4, 0.5) is 0 Å². The average Bonchev–Trinajstić information content (AvgIpc) is 3.44. The zero-order valence-electron chi connectivity index (χ0n) is 28.4. The highest BCUT2D eigenvalue weighted by Crippen LogP contribution is 2.43. The molecular formula is C50H37N. The van der Waals surface area contributed by atoms with Gasteiger partial charge in [-0.05, 0) is 136 Å². The summed E-state index contributed by atoms with van der Waals surface area (Å²) < 4.78 is 0. The van der Waals surface area contributed by atoms with Crippen LogP contribution < -0.4 is 15.8 Å². The minimum atomic E-state index is 0.243. The lowest BCUT2D eigenvalue weighted by Crippen LogP contribution is -2.37. The Morgan fingerprint density at radius 3 is 1.90 bits per heavy atom. The highest BCUT2D eigenvalue weighted by Gasteiger charge is 2.30. The molecule has 1 nitrogen and oxygen atoms in total. The second kappa shape index (κ2) is 12.4. The van der Waals surface area contributed by atoms with Crippen LogP contribution in [0.2, 0.25) is 0 Å². The van der Waals surface area contributed by atoms with Gasteiger partial charge in [-0.3, -0.25) is 0 Å². The van der Waals surface area contributed by atoms with Gasteiger partial charge in [0, 0.05) is 19.0 Å². The third kappa shape index (κ3) is 5.30. The summed E-state index contributed by atoms with van der Waals surface area (Å²) in [5, 5.41) is 11.3. The first-order chi connectivity index (χ1) is 25.3. The summed E-state index contributed by atoms with van der Waals surface area (Å²) in [4.78, 5) is 0. The fourth-order valence-electron chi connectivity index (χ4n) is 8.53. The maximum absolute atomic E-state index is 3.56. The van der Waals surface area contributed by atoms with Gasteiger partial charge in [-0.2, -0.15) is 0 Å². The van der Waals surface area contributed by atoms with Crippen molar-refractivity contribution in [3.8, 4) is 22.3 Å². The molecule has 7 aromatic rings. The molecule has 0 saturated carbocycles. The maximum atomic E-state index is 3.56. The van der Waals surface area contributed by atoms with E-state index < -0.39 is 0 Å². The van der Waals surface area contributed by atoms with Crippen molar-refractivity contribution in [2.24, 2.45) is 5.92 Å². The maximum Gasteiger partial charge on any atom is 0.0214 e. The number of fused-ring (bicyclic) bond motifs is 5. The molecule has 1 unspecified atom stereocenters. The van der Waals surface area contributed by atoms with Gasteiger partial charge >= 0.3 is 0 Å². The second-order valence-electron chi connectivity index (χ2n) is 14.0. The van der Waals surface area contributed by atoms with Gasteiger partial charge in [-0.25, -0.2) is 0 Å². The van der Waals surface area contributed by atoms with Gasteiger partial charge in [0.1, 0.15) is 0 Å². The fraction of sp³-hybridized carbons (Fsp3) is 0.0800. The quantitative estimate of drug-likeness (QED) is 0.200. The number of rotatable bonds is 4. The van der Waals surface area contributed by atoms with E-state index in [2.05, 4.69) is 181 Å². The van der Waals surface area contributed by atoms with E-state index in [1.165, 1.54) is 93.2 Å². The van der Waals surface area contributed by atoms with Crippen molar-refractivity contribution in [2.45, 2.75) is 13.0 Å². The van der Waals surface area contributed by atoms with Crippen LogP contribution in [0.15, 0.2) is 175 Å². The van der Waals surface area contributed by atoms with Gasteiger partial charge in [-0.1, -0.05) is 140 Å². The fourth-order valence-corrected chi connectivity index (χ4v) is 8.53. The van der Waals surface area contributed by atoms with Crippen LogP contribution in [0.1, 0.15) is 28.7 Å². The third-order valence-corrected chi connectivity index (χ3v) is 11.0. The molecule has 1 N–H and O–H groups in total. The van der Waals surface area contributed by atoms with Gasteiger partial charge in [0.25, 0.3) is 0 Å². The Hall–Kier alpha value is -6.02. The van der Waals surface area contributed by atoms with Crippen LogP contribution in [-0.4, -0.2) is 6.54 Å². The van der Waals surface area contributed by atoms with E-state index in [1.807, 2.05) is 0 Å². The Kier molecular flexibility index (Phi) is 7.25. The Bertz CT molecular complexity index is 2760. The van der Waals surface area contributed by atoms with Crippen LogP contribution >= 0.6 is 0 Å². The normalized spacial score (nSPS) is 16.4. The first-order valence-corrected chi connectivity index (χ1v) is 18.1. The minimum absolute atomic E-state index is 0.243. The second-order valence-corrected chi connectivity index (χ2v) is 14.0. The average molecular weight is 652 g/mol. The molecule has 0 saturated heterocycles. The highest BCUT2D eigenvalue weighted by molar-refractivity contribution is 5.94. The summed E-state index contributed by atoms with van der Waals surface area (Å²) in [6, 6.07) is 54.6. The van der Waals surface area contributed by atoms with Crippen LogP contribution in [0.5, 0.6) is 0 Å². The molecule has 0 aromatic heterocycles. The zero-order valence-corrected chi connectivity index (χ0v) is 28.4. The van der Waals surface area contributed by atoms with Crippen molar-refractivity contribution >= 4 is 38.8 Å². The molecule has 2 aliphatic carbocycles. The smallest absolute Gasteiger partial charge is 0.0214 e. The standard InChI is InChI=1S/C50H37N/c1-3-12-36-26-38(22-19-33(36)10-1)41-29-42(39-23-20-35-14-9-25-51-32-44(35)28-39)31-43(30-41)50-47-17-7-5-15-45(47)49(46-16-6-8-18-48(46)50)40-24-21-34-11-2-4-13-37(34)27-40/h1-17,19-24,26-31,48,51H,18,25,32H2. The van der Waals surface area contributed by atoms with Gasteiger partial charge in [0.05, 0.1) is 0 Å². The Morgan fingerprint density at radius 2 is 1.12 bits per heavy atom. The van der Waals surface area contributed by atoms with E-state index in [9.17, 15) is 0 Å². The van der Waals surface area contributed by atoms with Crippen LogP contribution in [0.3, 0.4) is 0 Å². The molecular weight excluding hydrogens is 615 g/mol. The summed E-state index contributed by atoms with van der Waals surface area (Å²) >= 11 is 0. The van der Waals surface area contributed by atoms with E-state index in [1.54, 1.807) is 0 Å². The number of allylic oxidation sites excluding steroid dienone is 4. The molecule has 3 aliphatic rings. The van der Waals surface area contributed by atoms with Crippen LogP contribution in [0.25, 0.3) is 61.0 Å². The molecule has 242 valence electrons.